The van der Waals surface area contributed by atoms with Crippen LogP contribution in [0.15, 0.2) is 71.9 Å². The molecule has 3 nitrogen and oxygen atoms in total. The molecule has 0 aromatic heterocycles. The van der Waals surface area contributed by atoms with Crippen LogP contribution in [-0.4, -0.2) is 18.2 Å². The van der Waals surface area contributed by atoms with Gasteiger partial charge in [-0.05, 0) is 30.2 Å². The molecule has 0 radical (unpaired) electrons. The predicted octanol–water partition coefficient (Wildman–Crippen LogP) is 5.00. The van der Waals surface area contributed by atoms with Crippen molar-refractivity contribution in [3.63, 3.8) is 0 Å². The smallest absolute Gasteiger partial charge is 0.142 e. The van der Waals surface area contributed by atoms with Gasteiger partial charge in [0.2, 0.25) is 0 Å². The van der Waals surface area contributed by atoms with E-state index in [0.717, 1.165) is 23.4 Å². The maximum Gasteiger partial charge on any atom is 0.142 e. The minimum Gasteiger partial charge on any atom is -0.490 e. The van der Waals surface area contributed by atoms with Crippen LogP contribution >= 0.6 is 11.6 Å². The van der Waals surface area contributed by atoms with E-state index in [4.69, 9.17) is 21.2 Å². The molecule has 0 bridgehead atoms. The highest BCUT2D eigenvalue weighted by Gasteiger charge is 1.99. The lowest BCUT2D eigenvalue weighted by Gasteiger charge is -2.06. The Morgan fingerprint density at radius 1 is 1.00 bits per heavy atom. The Morgan fingerprint density at radius 3 is 2.46 bits per heavy atom. The topological polar surface area (TPSA) is 30.8 Å². The summed E-state index contributed by atoms with van der Waals surface area (Å²) < 4.78 is 5.58. The number of hydrogen-bond acceptors (Lipinski definition) is 3. The Labute approximate surface area is 148 Å². The van der Waals surface area contributed by atoms with Crippen molar-refractivity contribution in [1.82, 2.24) is 0 Å². The lowest BCUT2D eigenvalue weighted by molar-refractivity contribution is 0.130. The number of ether oxygens (including phenoxy) is 1. The van der Waals surface area contributed by atoms with Gasteiger partial charge in [0.15, 0.2) is 0 Å². The molecule has 2 rings (SSSR count). The van der Waals surface area contributed by atoms with E-state index in [2.05, 4.69) is 5.16 Å². The largest absolute Gasteiger partial charge is 0.490 e. The first kappa shape index (κ1) is 18.1. The summed E-state index contributed by atoms with van der Waals surface area (Å²) in [7, 11) is 0. The van der Waals surface area contributed by atoms with Crippen LogP contribution in [0.2, 0.25) is 0 Å². The molecule has 0 atom stereocenters. The van der Waals surface area contributed by atoms with E-state index in [1.54, 1.807) is 0 Å². The first-order valence-corrected chi connectivity index (χ1v) is 8.43. The number of oxime groups is 1. The third kappa shape index (κ3) is 6.88. The minimum atomic E-state index is 0.487. The van der Waals surface area contributed by atoms with Crippen molar-refractivity contribution in [3.05, 3.63) is 77.9 Å². The number of alkyl halides is 1. The lowest BCUT2D eigenvalue weighted by Crippen LogP contribution is -2.00. The SMILES string of the molecule is CC(Cc1ccc(OCC=CCCl)cc1)=NOCc1ccccc1. The molecule has 0 N–H and O–H groups in total. The van der Waals surface area contributed by atoms with E-state index >= 15 is 0 Å². The van der Waals surface area contributed by atoms with Gasteiger partial charge in [-0.1, -0.05) is 59.8 Å². The molecular weight excluding hydrogens is 322 g/mol. The van der Waals surface area contributed by atoms with Crippen molar-refractivity contribution in [3.8, 4) is 5.75 Å². The summed E-state index contributed by atoms with van der Waals surface area (Å²) in [5, 5.41) is 4.17. The molecule has 126 valence electrons. The van der Waals surface area contributed by atoms with E-state index in [-0.39, 0.29) is 0 Å². The van der Waals surface area contributed by atoms with Gasteiger partial charge in [0.05, 0.1) is 5.71 Å². The standard InChI is InChI=1S/C20H22ClNO2/c1-17(22-24-16-19-7-3-2-4-8-19)15-18-9-11-20(12-10-18)23-14-6-5-13-21/h2-12H,13-16H2,1H3. The first-order valence-electron chi connectivity index (χ1n) is 7.90. The van der Waals surface area contributed by atoms with Gasteiger partial charge in [0.1, 0.15) is 19.0 Å². The zero-order valence-electron chi connectivity index (χ0n) is 13.8. The van der Waals surface area contributed by atoms with Gasteiger partial charge in [-0.2, -0.15) is 0 Å². The molecule has 0 aliphatic carbocycles. The van der Waals surface area contributed by atoms with Crippen molar-refractivity contribution in [2.75, 3.05) is 12.5 Å². The Hall–Kier alpha value is -2.26. The van der Waals surface area contributed by atoms with E-state index in [0.29, 0.717) is 19.1 Å². The summed E-state index contributed by atoms with van der Waals surface area (Å²) >= 11 is 5.56. The number of nitrogens with zero attached hydrogens (tertiary/aromatic N) is 1. The summed E-state index contributed by atoms with van der Waals surface area (Å²) in [6.45, 7) is 2.98. The fraction of sp³-hybridized carbons (Fsp3) is 0.250. The molecular formula is C20H22ClNO2. The average molecular weight is 344 g/mol. The summed E-state index contributed by atoms with van der Waals surface area (Å²) in [5.41, 5.74) is 3.21. The second-order valence-electron chi connectivity index (χ2n) is 5.34. The van der Waals surface area contributed by atoms with Crippen LogP contribution < -0.4 is 4.74 Å². The zero-order valence-corrected chi connectivity index (χ0v) is 14.6. The highest BCUT2D eigenvalue weighted by Crippen LogP contribution is 2.13. The van der Waals surface area contributed by atoms with Gasteiger partial charge >= 0.3 is 0 Å². The van der Waals surface area contributed by atoms with Crippen molar-refractivity contribution < 1.29 is 9.57 Å². The molecule has 24 heavy (non-hydrogen) atoms. The highest BCUT2D eigenvalue weighted by molar-refractivity contribution is 6.18. The molecule has 4 heteroatoms. The van der Waals surface area contributed by atoms with Gasteiger partial charge in [-0.3, -0.25) is 0 Å². The molecule has 2 aromatic rings. The molecule has 0 fully saturated rings. The molecule has 0 saturated carbocycles. The Morgan fingerprint density at radius 2 is 1.75 bits per heavy atom. The average Bonchev–Trinajstić information content (AvgIpc) is 2.61. The van der Waals surface area contributed by atoms with Crippen LogP contribution in [0.1, 0.15) is 18.1 Å². The van der Waals surface area contributed by atoms with Crippen LogP contribution in [0.4, 0.5) is 0 Å². The fourth-order valence-corrected chi connectivity index (χ4v) is 2.22. The van der Waals surface area contributed by atoms with Crippen molar-refractivity contribution in [1.29, 1.82) is 0 Å². The summed E-state index contributed by atoms with van der Waals surface area (Å²) in [5.74, 6) is 1.35. The highest BCUT2D eigenvalue weighted by atomic mass is 35.5. The van der Waals surface area contributed by atoms with Crippen LogP contribution in [0.3, 0.4) is 0 Å². The van der Waals surface area contributed by atoms with Gasteiger partial charge in [-0.25, -0.2) is 0 Å². The first-order chi connectivity index (χ1) is 11.8. The van der Waals surface area contributed by atoms with Gasteiger partial charge < -0.3 is 9.57 Å². The number of rotatable bonds is 9. The van der Waals surface area contributed by atoms with Gasteiger partial charge in [-0.15, -0.1) is 11.6 Å². The Bertz CT molecular complexity index is 651. The molecule has 0 unspecified atom stereocenters. The predicted molar refractivity (Wildman–Crippen MR) is 99.8 cm³/mol. The molecule has 0 saturated heterocycles. The van der Waals surface area contributed by atoms with E-state index < -0.39 is 0 Å². The van der Waals surface area contributed by atoms with E-state index in [9.17, 15) is 0 Å². The third-order valence-corrected chi connectivity index (χ3v) is 3.46. The number of hydrogen-bond donors (Lipinski definition) is 0. The number of benzene rings is 2. The molecule has 0 heterocycles. The van der Waals surface area contributed by atoms with Crippen molar-refractivity contribution >= 4 is 17.3 Å². The van der Waals surface area contributed by atoms with Crippen molar-refractivity contribution in [2.45, 2.75) is 20.0 Å². The molecule has 0 spiro atoms. The fourth-order valence-electron chi connectivity index (χ4n) is 2.10. The quantitative estimate of drug-likeness (QED) is 0.278. The normalized spacial score (nSPS) is 11.7. The second-order valence-corrected chi connectivity index (χ2v) is 5.65. The van der Waals surface area contributed by atoms with Crippen LogP contribution in [-0.2, 0) is 17.9 Å². The summed E-state index contributed by atoms with van der Waals surface area (Å²) in [6, 6.07) is 18.0. The number of allylic oxidation sites excluding steroid dienone is 1. The maximum atomic E-state index is 5.58. The van der Waals surface area contributed by atoms with E-state index in [1.807, 2.05) is 73.7 Å². The molecule has 2 aromatic carbocycles. The van der Waals surface area contributed by atoms with Crippen LogP contribution in [0.5, 0.6) is 5.75 Å². The summed E-state index contributed by atoms with van der Waals surface area (Å²) in [4.78, 5) is 5.40. The second kappa shape index (κ2) is 10.5. The van der Waals surface area contributed by atoms with Crippen molar-refractivity contribution in [2.24, 2.45) is 5.16 Å². The van der Waals surface area contributed by atoms with Gasteiger partial charge in [0.25, 0.3) is 0 Å². The van der Waals surface area contributed by atoms with Crippen LogP contribution in [0.25, 0.3) is 0 Å². The molecule has 0 aliphatic rings. The Balaban J connectivity index is 1.77. The minimum absolute atomic E-state index is 0.487. The molecule has 0 aliphatic heterocycles. The van der Waals surface area contributed by atoms with E-state index in [1.165, 1.54) is 5.56 Å². The lowest BCUT2D eigenvalue weighted by atomic mass is 10.1. The summed E-state index contributed by atoms with van der Waals surface area (Å²) in [6.07, 6.45) is 4.52. The molecule has 0 amide bonds. The Kier molecular flexibility index (Phi) is 7.91. The number of halogens is 1. The maximum absolute atomic E-state index is 5.58. The van der Waals surface area contributed by atoms with Crippen LogP contribution in [0, 0.1) is 0 Å². The zero-order chi connectivity index (χ0) is 17.0. The van der Waals surface area contributed by atoms with Gasteiger partial charge in [0, 0.05) is 12.3 Å². The monoisotopic (exact) mass is 343 g/mol. The third-order valence-electron chi connectivity index (χ3n) is 3.28.